The maximum absolute atomic E-state index is 14.5. The molecule has 1 amide bonds. The Bertz CT molecular complexity index is 1650. The fourth-order valence-electron chi connectivity index (χ4n) is 5.07. The molecule has 1 fully saturated rings. The number of aromatic amines is 1. The second-order valence-corrected chi connectivity index (χ2v) is 10.5. The summed E-state index contributed by atoms with van der Waals surface area (Å²) in [6, 6.07) is 10.5. The van der Waals surface area contributed by atoms with Gasteiger partial charge in [0.15, 0.2) is 11.3 Å². The van der Waals surface area contributed by atoms with E-state index in [1.165, 1.54) is 30.6 Å². The van der Waals surface area contributed by atoms with Crippen LogP contribution < -0.4 is 5.32 Å². The summed E-state index contributed by atoms with van der Waals surface area (Å²) < 4.78 is 29.3. The molecule has 38 heavy (non-hydrogen) atoms. The predicted molar refractivity (Wildman–Crippen MR) is 138 cm³/mol. The lowest BCUT2D eigenvalue weighted by Crippen LogP contribution is -2.30. The van der Waals surface area contributed by atoms with Gasteiger partial charge in [-0.3, -0.25) is 4.79 Å². The predicted octanol–water partition coefficient (Wildman–Crippen LogP) is 5.32. The normalized spacial score (nSPS) is 14.9. The Morgan fingerprint density at radius 2 is 1.87 bits per heavy atom. The molecule has 2 aromatic carbocycles. The van der Waals surface area contributed by atoms with Crippen LogP contribution in [0.4, 0.5) is 8.78 Å². The van der Waals surface area contributed by atoms with E-state index < -0.39 is 11.7 Å². The van der Waals surface area contributed by atoms with Crippen molar-refractivity contribution in [3.8, 4) is 16.8 Å². The Morgan fingerprint density at radius 3 is 2.63 bits per heavy atom. The van der Waals surface area contributed by atoms with E-state index in [1.807, 2.05) is 0 Å². The molecular formula is C28H25F2N7O. The minimum Gasteiger partial charge on any atom is -0.347 e. The van der Waals surface area contributed by atoms with Crippen molar-refractivity contribution in [2.24, 2.45) is 5.41 Å². The first-order chi connectivity index (χ1) is 18.2. The van der Waals surface area contributed by atoms with Gasteiger partial charge in [-0.1, -0.05) is 13.8 Å². The van der Waals surface area contributed by atoms with E-state index in [9.17, 15) is 13.6 Å². The molecule has 192 valence electrons. The molecule has 1 saturated carbocycles. The molecule has 0 atom stereocenters. The third-order valence-electron chi connectivity index (χ3n) is 6.92. The van der Waals surface area contributed by atoms with E-state index in [4.69, 9.17) is 0 Å². The molecule has 1 aliphatic rings. The SMILES string of the molecule is CC1(C)CC(c2nc3ncnc(C(=O)NCc4cc(F)cc(-c5cnn(-c6ccc(F)cc6)c5)c4)c3[nH]2)C1. The molecule has 0 bridgehead atoms. The molecule has 0 radical (unpaired) electrons. The Balaban J connectivity index is 1.19. The van der Waals surface area contributed by atoms with Gasteiger partial charge >= 0.3 is 0 Å². The molecule has 0 saturated heterocycles. The largest absolute Gasteiger partial charge is 0.347 e. The number of rotatable bonds is 6. The topological polar surface area (TPSA) is 101 Å². The van der Waals surface area contributed by atoms with Gasteiger partial charge in [-0.05, 0) is 71.8 Å². The summed E-state index contributed by atoms with van der Waals surface area (Å²) in [5, 5.41) is 7.13. The van der Waals surface area contributed by atoms with Crippen molar-refractivity contribution in [3.63, 3.8) is 0 Å². The van der Waals surface area contributed by atoms with Gasteiger partial charge in [0.2, 0.25) is 0 Å². The molecule has 2 N–H and O–H groups in total. The summed E-state index contributed by atoms with van der Waals surface area (Å²) in [6.45, 7) is 4.54. The van der Waals surface area contributed by atoms with Gasteiger partial charge < -0.3 is 10.3 Å². The molecule has 5 aromatic rings. The zero-order valence-corrected chi connectivity index (χ0v) is 20.9. The first-order valence-corrected chi connectivity index (χ1v) is 12.3. The third-order valence-corrected chi connectivity index (χ3v) is 6.92. The third kappa shape index (κ3) is 4.65. The maximum Gasteiger partial charge on any atom is 0.272 e. The summed E-state index contributed by atoms with van der Waals surface area (Å²) in [4.78, 5) is 29.3. The number of amides is 1. The maximum atomic E-state index is 14.5. The highest BCUT2D eigenvalue weighted by atomic mass is 19.1. The van der Waals surface area contributed by atoms with E-state index in [2.05, 4.69) is 44.2 Å². The first kappa shape index (κ1) is 23.9. The summed E-state index contributed by atoms with van der Waals surface area (Å²) in [5.74, 6) is -0.0436. The van der Waals surface area contributed by atoms with Crippen LogP contribution in [0.2, 0.25) is 0 Å². The number of halogens is 2. The van der Waals surface area contributed by atoms with Gasteiger partial charge in [0.25, 0.3) is 5.91 Å². The van der Waals surface area contributed by atoms with Crippen LogP contribution in [0.15, 0.2) is 61.2 Å². The number of hydrogen-bond donors (Lipinski definition) is 2. The molecule has 0 unspecified atom stereocenters. The molecule has 0 spiro atoms. The van der Waals surface area contributed by atoms with Gasteiger partial charge in [0.05, 0.1) is 11.9 Å². The van der Waals surface area contributed by atoms with Crippen molar-refractivity contribution in [1.29, 1.82) is 0 Å². The minimum absolute atomic E-state index is 0.0962. The number of nitrogens with one attached hydrogen (secondary N) is 2. The highest BCUT2D eigenvalue weighted by molar-refractivity contribution is 6.02. The van der Waals surface area contributed by atoms with Gasteiger partial charge in [0.1, 0.15) is 29.3 Å². The Hall–Kier alpha value is -4.47. The molecular weight excluding hydrogens is 488 g/mol. The van der Waals surface area contributed by atoms with E-state index in [1.54, 1.807) is 35.3 Å². The van der Waals surface area contributed by atoms with Crippen molar-refractivity contribution in [1.82, 2.24) is 35.0 Å². The van der Waals surface area contributed by atoms with Crippen LogP contribution in [-0.4, -0.2) is 35.6 Å². The highest BCUT2D eigenvalue weighted by Gasteiger charge is 2.38. The van der Waals surface area contributed by atoms with Crippen molar-refractivity contribution in [3.05, 3.63) is 89.9 Å². The molecule has 3 heterocycles. The Kier molecular flexibility index (Phi) is 5.74. The first-order valence-electron chi connectivity index (χ1n) is 12.3. The van der Waals surface area contributed by atoms with E-state index in [0.29, 0.717) is 44.9 Å². The number of carbonyl (C=O) groups excluding carboxylic acids is 1. The standard InChI is InChI=1S/C28H25F2N7O/c1-28(2)10-18(11-28)25-35-23-24(32-15-33-26(23)36-25)27(38)31-12-16-7-17(9-21(30)8-16)19-13-34-37(14-19)22-5-3-20(29)4-6-22/h3-9,13-15,18H,10-12H2,1-2H3,(H,31,38)(H,32,33,35,36). The molecule has 3 aromatic heterocycles. The highest BCUT2D eigenvalue weighted by Crippen LogP contribution is 2.49. The van der Waals surface area contributed by atoms with E-state index >= 15 is 0 Å². The molecule has 0 aliphatic heterocycles. The molecule has 8 nitrogen and oxygen atoms in total. The van der Waals surface area contributed by atoms with Crippen LogP contribution in [0.3, 0.4) is 0 Å². The van der Waals surface area contributed by atoms with Crippen LogP contribution in [0, 0.1) is 17.0 Å². The summed E-state index contributed by atoms with van der Waals surface area (Å²) in [7, 11) is 0. The lowest BCUT2D eigenvalue weighted by molar-refractivity contribution is 0.0947. The van der Waals surface area contributed by atoms with E-state index in [-0.39, 0.29) is 18.1 Å². The fraction of sp³-hybridized carbons (Fsp3) is 0.250. The van der Waals surface area contributed by atoms with Crippen LogP contribution in [0.25, 0.3) is 28.0 Å². The quantitative estimate of drug-likeness (QED) is 0.320. The average Bonchev–Trinajstić information content (AvgIpc) is 3.53. The van der Waals surface area contributed by atoms with Gasteiger partial charge in [-0.2, -0.15) is 5.10 Å². The second kappa shape index (κ2) is 9.13. The summed E-state index contributed by atoms with van der Waals surface area (Å²) >= 11 is 0. The molecule has 10 heteroatoms. The number of aromatic nitrogens is 6. The zero-order valence-electron chi connectivity index (χ0n) is 20.9. The van der Waals surface area contributed by atoms with E-state index in [0.717, 1.165) is 18.7 Å². The van der Waals surface area contributed by atoms with Crippen molar-refractivity contribution < 1.29 is 13.6 Å². The smallest absolute Gasteiger partial charge is 0.272 e. The number of carbonyl (C=O) groups is 1. The number of imidazole rings is 1. The number of H-pyrrole nitrogens is 1. The monoisotopic (exact) mass is 513 g/mol. The number of benzene rings is 2. The number of hydrogen-bond acceptors (Lipinski definition) is 5. The zero-order chi connectivity index (χ0) is 26.4. The van der Waals surface area contributed by atoms with Gasteiger partial charge in [0, 0.05) is 24.2 Å². The van der Waals surface area contributed by atoms with Crippen molar-refractivity contribution in [2.75, 3.05) is 0 Å². The van der Waals surface area contributed by atoms with Crippen molar-refractivity contribution >= 4 is 17.1 Å². The van der Waals surface area contributed by atoms with Crippen molar-refractivity contribution in [2.45, 2.75) is 39.2 Å². The minimum atomic E-state index is -0.438. The number of nitrogens with zero attached hydrogens (tertiary/aromatic N) is 5. The summed E-state index contributed by atoms with van der Waals surface area (Å²) in [5.41, 5.74) is 3.99. The molecule has 6 rings (SSSR count). The Morgan fingerprint density at radius 1 is 1.08 bits per heavy atom. The van der Waals surface area contributed by atoms with Gasteiger partial charge in [-0.25, -0.2) is 28.4 Å². The Labute approximate surface area is 217 Å². The van der Waals surface area contributed by atoms with Crippen LogP contribution in [0.1, 0.15) is 54.5 Å². The summed E-state index contributed by atoms with van der Waals surface area (Å²) in [6.07, 6.45) is 6.71. The molecule has 1 aliphatic carbocycles. The fourth-order valence-corrected chi connectivity index (χ4v) is 5.07. The van der Waals surface area contributed by atoms with Gasteiger partial charge in [-0.15, -0.1) is 0 Å². The lowest BCUT2D eigenvalue weighted by Gasteiger charge is -2.41. The lowest BCUT2D eigenvalue weighted by atomic mass is 9.64. The van der Waals surface area contributed by atoms with Crippen LogP contribution in [0.5, 0.6) is 0 Å². The van der Waals surface area contributed by atoms with Crippen LogP contribution in [-0.2, 0) is 6.54 Å². The average molecular weight is 514 g/mol. The second-order valence-electron chi connectivity index (χ2n) is 10.5. The number of fused-ring (bicyclic) bond motifs is 1. The van der Waals surface area contributed by atoms with Crippen LogP contribution >= 0.6 is 0 Å².